The Bertz CT molecular complexity index is 843. The zero-order valence-corrected chi connectivity index (χ0v) is 14.3. The van der Waals surface area contributed by atoms with E-state index < -0.39 is 0 Å². The molecule has 2 aromatic carbocycles. The van der Waals surface area contributed by atoms with Crippen molar-refractivity contribution in [3.8, 4) is 0 Å². The molecule has 124 valence electrons. The zero-order chi connectivity index (χ0) is 16.9. The highest BCUT2D eigenvalue weighted by Gasteiger charge is 2.10. The number of fused-ring (bicyclic) bond motifs is 1. The van der Waals surface area contributed by atoms with E-state index >= 15 is 0 Å². The lowest BCUT2D eigenvalue weighted by atomic mass is 10.1. The predicted octanol–water partition coefficient (Wildman–Crippen LogP) is 4.21. The highest BCUT2D eigenvalue weighted by Crippen LogP contribution is 2.18. The van der Waals surface area contributed by atoms with Crippen molar-refractivity contribution < 1.29 is 4.79 Å². The van der Waals surface area contributed by atoms with Crippen molar-refractivity contribution in [1.29, 1.82) is 0 Å². The van der Waals surface area contributed by atoms with Gasteiger partial charge in [0.1, 0.15) is 0 Å². The molecule has 0 saturated heterocycles. The smallest absolute Gasteiger partial charge is 0.317 e. The topological polar surface area (TPSA) is 48.1 Å². The van der Waals surface area contributed by atoms with Crippen molar-refractivity contribution in [3.05, 3.63) is 70.9 Å². The number of benzene rings is 2. The number of para-hydroxylation sites is 1. The summed E-state index contributed by atoms with van der Waals surface area (Å²) in [6.07, 6.45) is 2.79. The number of nitrogens with one attached hydrogen (secondary N) is 2. The molecule has 3 rings (SSSR count). The number of hydrogen-bond acceptors (Lipinski definition) is 1. The van der Waals surface area contributed by atoms with Crippen LogP contribution in [0.5, 0.6) is 0 Å². The Kier molecular flexibility index (Phi) is 5.06. The van der Waals surface area contributed by atoms with Gasteiger partial charge >= 0.3 is 6.03 Å². The SMILES string of the molecule is CN(Cc1ccccc1Cl)C(=O)NCCc1c[nH]c2ccccc12. The second-order valence-corrected chi connectivity index (χ2v) is 6.20. The Morgan fingerprint density at radius 3 is 2.71 bits per heavy atom. The van der Waals surface area contributed by atoms with E-state index in [1.165, 1.54) is 10.9 Å². The third-order valence-electron chi connectivity index (χ3n) is 4.06. The number of aromatic nitrogens is 1. The maximum atomic E-state index is 12.2. The summed E-state index contributed by atoms with van der Waals surface area (Å²) in [6, 6.07) is 15.6. The van der Waals surface area contributed by atoms with Crippen molar-refractivity contribution in [1.82, 2.24) is 15.2 Å². The summed E-state index contributed by atoms with van der Waals surface area (Å²) in [6.45, 7) is 1.08. The molecule has 0 fully saturated rings. The predicted molar refractivity (Wildman–Crippen MR) is 98.3 cm³/mol. The molecule has 1 heterocycles. The summed E-state index contributed by atoms with van der Waals surface area (Å²) < 4.78 is 0. The zero-order valence-electron chi connectivity index (χ0n) is 13.6. The molecule has 0 saturated carbocycles. The molecule has 0 spiro atoms. The van der Waals surface area contributed by atoms with E-state index in [4.69, 9.17) is 11.6 Å². The maximum Gasteiger partial charge on any atom is 0.317 e. The van der Waals surface area contributed by atoms with Gasteiger partial charge in [0.15, 0.2) is 0 Å². The first kappa shape index (κ1) is 16.4. The number of carbonyl (C=O) groups excluding carboxylic acids is 1. The minimum absolute atomic E-state index is 0.102. The first-order chi connectivity index (χ1) is 11.6. The largest absolute Gasteiger partial charge is 0.361 e. The summed E-state index contributed by atoms with van der Waals surface area (Å²) in [5.74, 6) is 0. The second-order valence-electron chi connectivity index (χ2n) is 5.79. The van der Waals surface area contributed by atoms with Gasteiger partial charge in [-0.2, -0.15) is 0 Å². The molecule has 0 atom stereocenters. The third kappa shape index (κ3) is 3.71. The molecule has 0 radical (unpaired) electrons. The van der Waals surface area contributed by atoms with Crippen molar-refractivity contribution >= 4 is 28.5 Å². The highest BCUT2D eigenvalue weighted by atomic mass is 35.5. The number of nitrogens with zero attached hydrogens (tertiary/aromatic N) is 1. The monoisotopic (exact) mass is 341 g/mol. The van der Waals surface area contributed by atoms with Gasteiger partial charge < -0.3 is 15.2 Å². The van der Waals surface area contributed by atoms with Crippen molar-refractivity contribution in [2.45, 2.75) is 13.0 Å². The number of aromatic amines is 1. The van der Waals surface area contributed by atoms with Gasteiger partial charge in [0.05, 0.1) is 0 Å². The Hall–Kier alpha value is -2.46. The minimum Gasteiger partial charge on any atom is -0.361 e. The lowest BCUT2D eigenvalue weighted by molar-refractivity contribution is 0.207. The van der Waals surface area contributed by atoms with Gasteiger partial charge in [-0.15, -0.1) is 0 Å². The van der Waals surface area contributed by atoms with Gasteiger partial charge in [0, 0.05) is 42.3 Å². The van der Waals surface area contributed by atoms with Gasteiger partial charge in [-0.05, 0) is 29.7 Å². The van der Waals surface area contributed by atoms with E-state index in [0.29, 0.717) is 18.1 Å². The summed E-state index contributed by atoms with van der Waals surface area (Å²) in [5.41, 5.74) is 3.27. The minimum atomic E-state index is -0.102. The first-order valence-corrected chi connectivity index (χ1v) is 8.30. The van der Waals surface area contributed by atoms with Crippen molar-refractivity contribution in [3.63, 3.8) is 0 Å². The highest BCUT2D eigenvalue weighted by molar-refractivity contribution is 6.31. The van der Waals surface area contributed by atoms with Crippen LogP contribution < -0.4 is 5.32 Å². The van der Waals surface area contributed by atoms with Crippen LogP contribution in [0.15, 0.2) is 54.7 Å². The summed E-state index contributed by atoms with van der Waals surface area (Å²) in [7, 11) is 1.77. The number of hydrogen-bond donors (Lipinski definition) is 2. The van der Waals surface area contributed by atoms with Gasteiger partial charge in [0.25, 0.3) is 0 Å². The quantitative estimate of drug-likeness (QED) is 0.717. The number of carbonyl (C=O) groups is 1. The van der Waals surface area contributed by atoms with Gasteiger partial charge in [0.2, 0.25) is 0 Å². The fourth-order valence-corrected chi connectivity index (χ4v) is 2.93. The van der Waals surface area contributed by atoms with Crippen LogP contribution in [0.3, 0.4) is 0 Å². The molecule has 0 aliphatic heterocycles. The molecule has 0 unspecified atom stereocenters. The van der Waals surface area contributed by atoms with E-state index in [1.54, 1.807) is 11.9 Å². The van der Waals surface area contributed by atoms with Gasteiger partial charge in [-0.1, -0.05) is 48.0 Å². The molecule has 5 heteroatoms. The van der Waals surface area contributed by atoms with Crippen LogP contribution in [0, 0.1) is 0 Å². The lowest BCUT2D eigenvalue weighted by Crippen LogP contribution is -2.37. The number of H-pyrrole nitrogens is 1. The van der Waals surface area contributed by atoms with E-state index in [-0.39, 0.29) is 6.03 Å². The average molecular weight is 342 g/mol. The molecule has 2 amide bonds. The summed E-state index contributed by atoms with van der Waals surface area (Å²) >= 11 is 6.14. The van der Waals surface area contributed by atoms with Crippen LogP contribution >= 0.6 is 11.6 Å². The van der Waals surface area contributed by atoms with E-state index in [1.807, 2.05) is 42.6 Å². The molecule has 4 nitrogen and oxygen atoms in total. The molecule has 0 aliphatic rings. The lowest BCUT2D eigenvalue weighted by Gasteiger charge is -2.18. The van der Waals surface area contributed by atoms with Crippen LogP contribution in [-0.2, 0) is 13.0 Å². The van der Waals surface area contributed by atoms with Crippen LogP contribution in [0.1, 0.15) is 11.1 Å². The molecule has 24 heavy (non-hydrogen) atoms. The van der Waals surface area contributed by atoms with E-state index in [9.17, 15) is 4.79 Å². The molecular formula is C19H20ClN3O. The standard InChI is InChI=1S/C19H20ClN3O/c1-23(13-15-6-2-4-8-17(15)20)19(24)21-11-10-14-12-22-18-9-5-3-7-16(14)18/h2-9,12,22H,10-11,13H2,1H3,(H,21,24). The Morgan fingerprint density at radius 2 is 1.88 bits per heavy atom. The Morgan fingerprint density at radius 1 is 1.12 bits per heavy atom. The van der Waals surface area contributed by atoms with E-state index in [0.717, 1.165) is 17.5 Å². The number of halogens is 1. The number of rotatable bonds is 5. The number of urea groups is 1. The van der Waals surface area contributed by atoms with Crippen LogP contribution in [0.4, 0.5) is 4.79 Å². The van der Waals surface area contributed by atoms with E-state index in [2.05, 4.69) is 22.4 Å². The maximum absolute atomic E-state index is 12.2. The van der Waals surface area contributed by atoms with Gasteiger partial charge in [-0.3, -0.25) is 0 Å². The third-order valence-corrected chi connectivity index (χ3v) is 4.43. The first-order valence-electron chi connectivity index (χ1n) is 7.92. The summed E-state index contributed by atoms with van der Waals surface area (Å²) in [5, 5.41) is 4.84. The van der Waals surface area contributed by atoms with Crippen LogP contribution in [0.2, 0.25) is 5.02 Å². The molecule has 3 aromatic rings. The van der Waals surface area contributed by atoms with Crippen LogP contribution in [0.25, 0.3) is 10.9 Å². The Balaban J connectivity index is 1.53. The molecule has 0 bridgehead atoms. The Labute approximate surface area is 146 Å². The molecule has 1 aromatic heterocycles. The van der Waals surface area contributed by atoms with Crippen molar-refractivity contribution in [2.24, 2.45) is 0 Å². The molecular weight excluding hydrogens is 322 g/mol. The second kappa shape index (κ2) is 7.41. The fraction of sp³-hybridized carbons (Fsp3) is 0.211. The normalized spacial score (nSPS) is 10.8. The van der Waals surface area contributed by atoms with Crippen molar-refractivity contribution in [2.75, 3.05) is 13.6 Å². The fourth-order valence-electron chi connectivity index (χ4n) is 2.73. The summed E-state index contributed by atoms with van der Waals surface area (Å²) in [4.78, 5) is 17.1. The number of amides is 2. The van der Waals surface area contributed by atoms with Gasteiger partial charge in [-0.25, -0.2) is 4.79 Å². The molecule has 2 N–H and O–H groups in total. The average Bonchev–Trinajstić information content (AvgIpc) is 3.00. The van der Waals surface area contributed by atoms with Crippen LogP contribution in [-0.4, -0.2) is 29.5 Å². The molecule has 0 aliphatic carbocycles.